The van der Waals surface area contributed by atoms with E-state index in [0.717, 1.165) is 9.83 Å². The van der Waals surface area contributed by atoms with Crippen LogP contribution in [0.3, 0.4) is 0 Å². The second-order valence-corrected chi connectivity index (χ2v) is 4.79. The van der Waals surface area contributed by atoms with Crippen LogP contribution < -0.4 is 0 Å². The molecule has 0 spiro atoms. The Morgan fingerprint density at radius 3 is 2.80 bits per heavy atom. The molecule has 1 aromatic rings. The Labute approximate surface area is 72.6 Å². The van der Waals surface area contributed by atoms with Crippen LogP contribution >= 0.6 is 27.3 Å². The predicted molar refractivity (Wildman–Crippen MR) is 46.4 cm³/mol. The maximum Gasteiger partial charge on any atom is 0.159 e. The number of halogens is 1. The summed E-state index contributed by atoms with van der Waals surface area (Å²) in [5.41, 5.74) is 1.29. The molecular weight excluding hydrogens is 210 g/mol. The third-order valence-electron chi connectivity index (χ3n) is 2.02. The van der Waals surface area contributed by atoms with Crippen LogP contribution in [-0.2, 0) is 0 Å². The molecule has 1 aliphatic carbocycles. The lowest BCUT2D eigenvalue weighted by Crippen LogP contribution is -2.08. The molecule has 0 radical (unpaired) electrons. The second-order valence-electron chi connectivity index (χ2n) is 2.65. The molecule has 1 aromatic heterocycles. The van der Waals surface area contributed by atoms with Gasteiger partial charge in [0.15, 0.2) is 3.92 Å². The Morgan fingerprint density at radius 1 is 1.60 bits per heavy atom. The van der Waals surface area contributed by atoms with E-state index in [2.05, 4.69) is 26.3 Å². The SMILES string of the molecule is Brc1nc(C2CCC2)cs1. The monoisotopic (exact) mass is 217 g/mol. The molecule has 0 N–H and O–H groups in total. The summed E-state index contributed by atoms with van der Waals surface area (Å²) in [5, 5.41) is 2.16. The van der Waals surface area contributed by atoms with E-state index in [-0.39, 0.29) is 0 Å². The van der Waals surface area contributed by atoms with Crippen LogP contribution in [0.2, 0.25) is 0 Å². The minimum absolute atomic E-state index is 0.780. The fourth-order valence-electron chi connectivity index (χ4n) is 1.15. The highest BCUT2D eigenvalue weighted by atomic mass is 79.9. The van der Waals surface area contributed by atoms with E-state index >= 15 is 0 Å². The van der Waals surface area contributed by atoms with Gasteiger partial charge in [-0.3, -0.25) is 0 Å². The summed E-state index contributed by atoms with van der Waals surface area (Å²) in [6.45, 7) is 0. The number of aromatic nitrogens is 1. The van der Waals surface area contributed by atoms with Gasteiger partial charge in [0, 0.05) is 11.3 Å². The van der Waals surface area contributed by atoms with Crippen molar-refractivity contribution in [3.8, 4) is 0 Å². The van der Waals surface area contributed by atoms with Gasteiger partial charge >= 0.3 is 0 Å². The molecule has 10 heavy (non-hydrogen) atoms. The number of hydrogen-bond acceptors (Lipinski definition) is 2. The van der Waals surface area contributed by atoms with E-state index in [9.17, 15) is 0 Å². The zero-order chi connectivity index (χ0) is 6.97. The Balaban J connectivity index is 2.17. The highest BCUT2D eigenvalue weighted by Gasteiger charge is 2.21. The Kier molecular flexibility index (Phi) is 1.78. The summed E-state index contributed by atoms with van der Waals surface area (Å²) < 4.78 is 1.02. The topological polar surface area (TPSA) is 12.9 Å². The minimum Gasteiger partial charge on any atom is -0.234 e. The summed E-state index contributed by atoms with van der Waals surface area (Å²) >= 11 is 5.05. The molecule has 1 fully saturated rings. The number of nitrogens with zero attached hydrogens (tertiary/aromatic N) is 1. The predicted octanol–water partition coefficient (Wildman–Crippen LogP) is 3.17. The molecule has 0 aliphatic heterocycles. The van der Waals surface area contributed by atoms with Crippen molar-refractivity contribution >= 4 is 27.3 Å². The van der Waals surface area contributed by atoms with Gasteiger partial charge in [0.05, 0.1) is 5.69 Å². The van der Waals surface area contributed by atoms with Gasteiger partial charge in [-0.25, -0.2) is 4.98 Å². The molecule has 0 aromatic carbocycles. The standard InChI is InChI=1S/C7H8BrNS/c8-7-9-6(4-10-7)5-2-1-3-5/h4-5H,1-3H2. The zero-order valence-electron chi connectivity index (χ0n) is 5.51. The fraction of sp³-hybridized carbons (Fsp3) is 0.571. The summed E-state index contributed by atoms with van der Waals surface area (Å²) in [4.78, 5) is 4.37. The number of hydrogen-bond donors (Lipinski definition) is 0. The molecule has 2 rings (SSSR count). The van der Waals surface area contributed by atoms with Crippen molar-refractivity contribution in [1.29, 1.82) is 0 Å². The summed E-state index contributed by atoms with van der Waals surface area (Å²) in [5.74, 6) is 0.780. The van der Waals surface area contributed by atoms with Crippen molar-refractivity contribution in [2.45, 2.75) is 25.2 Å². The van der Waals surface area contributed by atoms with Gasteiger partial charge in [0.2, 0.25) is 0 Å². The molecule has 3 heteroatoms. The minimum atomic E-state index is 0.780. The van der Waals surface area contributed by atoms with Crippen molar-refractivity contribution in [3.63, 3.8) is 0 Å². The first-order chi connectivity index (χ1) is 4.86. The van der Waals surface area contributed by atoms with Crippen LogP contribution in [0.5, 0.6) is 0 Å². The molecule has 1 aliphatic rings. The molecule has 54 valence electrons. The van der Waals surface area contributed by atoms with Crippen LogP contribution in [0, 0.1) is 0 Å². The van der Waals surface area contributed by atoms with Gasteiger partial charge in [-0.05, 0) is 28.8 Å². The number of thiazole rings is 1. The van der Waals surface area contributed by atoms with Gasteiger partial charge in [-0.1, -0.05) is 6.42 Å². The highest BCUT2D eigenvalue weighted by molar-refractivity contribution is 9.11. The van der Waals surface area contributed by atoms with E-state index in [1.807, 2.05) is 0 Å². The molecule has 0 atom stereocenters. The van der Waals surface area contributed by atoms with Crippen molar-refractivity contribution in [2.24, 2.45) is 0 Å². The van der Waals surface area contributed by atoms with Gasteiger partial charge in [-0.15, -0.1) is 11.3 Å². The summed E-state index contributed by atoms with van der Waals surface area (Å²) in [6, 6.07) is 0. The number of rotatable bonds is 1. The molecule has 1 heterocycles. The van der Waals surface area contributed by atoms with Crippen molar-refractivity contribution in [3.05, 3.63) is 15.0 Å². The lowest BCUT2D eigenvalue weighted by Gasteiger charge is -2.22. The fourth-order valence-corrected chi connectivity index (χ4v) is 2.26. The lowest BCUT2D eigenvalue weighted by molar-refractivity contribution is 0.412. The average Bonchev–Trinajstić information content (AvgIpc) is 2.10. The van der Waals surface area contributed by atoms with Gasteiger partial charge in [0.25, 0.3) is 0 Å². The quantitative estimate of drug-likeness (QED) is 0.705. The molecule has 1 saturated carbocycles. The molecule has 0 unspecified atom stereocenters. The molecule has 0 bridgehead atoms. The Morgan fingerprint density at radius 2 is 2.40 bits per heavy atom. The zero-order valence-corrected chi connectivity index (χ0v) is 7.91. The largest absolute Gasteiger partial charge is 0.234 e. The summed E-state index contributed by atoms with van der Waals surface area (Å²) in [7, 11) is 0. The van der Waals surface area contributed by atoms with Crippen LogP contribution in [-0.4, -0.2) is 4.98 Å². The van der Waals surface area contributed by atoms with Crippen LogP contribution in [0.4, 0.5) is 0 Å². The average molecular weight is 218 g/mol. The van der Waals surface area contributed by atoms with E-state index in [1.54, 1.807) is 11.3 Å². The van der Waals surface area contributed by atoms with E-state index in [0.29, 0.717) is 0 Å². The maximum absolute atomic E-state index is 4.37. The van der Waals surface area contributed by atoms with E-state index in [4.69, 9.17) is 0 Å². The smallest absolute Gasteiger partial charge is 0.159 e. The first-order valence-electron chi connectivity index (χ1n) is 3.47. The van der Waals surface area contributed by atoms with Crippen molar-refractivity contribution < 1.29 is 0 Å². The van der Waals surface area contributed by atoms with Crippen molar-refractivity contribution in [1.82, 2.24) is 4.98 Å². The third-order valence-corrected chi connectivity index (χ3v) is 3.40. The van der Waals surface area contributed by atoms with Crippen molar-refractivity contribution in [2.75, 3.05) is 0 Å². The highest BCUT2D eigenvalue weighted by Crippen LogP contribution is 2.37. The van der Waals surface area contributed by atoms with Crippen LogP contribution in [0.1, 0.15) is 30.9 Å². The van der Waals surface area contributed by atoms with Gasteiger partial charge in [-0.2, -0.15) is 0 Å². The lowest BCUT2D eigenvalue weighted by atomic mass is 9.83. The third kappa shape index (κ3) is 1.12. The van der Waals surface area contributed by atoms with Crippen LogP contribution in [0.25, 0.3) is 0 Å². The first kappa shape index (κ1) is 6.80. The molecule has 1 nitrogen and oxygen atoms in total. The normalized spacial score (nSPS) is 18.9. The Bertz CT molecular complexity index is 229. The van der Waals surface area contributed by atoms with Gasteiger partial charge < -0.3 is 0 Å². The first-order valence-corrected chi connectivity index (χ1v) is 5.14. The summed E-state index contributed by atoms with van der Waals surface area (Å²) in [6.07, 6.45) is 4.08. The van der Waals surface area contributed by atoms with E-state index in [1.165, 1.54) is 25.0 Å². The molecule has 0 amide bonds. The van der Waals surface area contributed by atoms with Crippen LogP contribution in [0.15, 0.2) is 9.30 Å². The molecule has 0 saturated heterocycles. The Hall–Kier alpha value is 0.110. The maximum atomic E-state index is 4.37. The molecular formula is C7H8BrNS. The van der Waals surface area contributed by atoms with E-state index < -0.39 is 0 Å². The second kappa shape index (κ2) is 2.62. The van der Waals surface area contributed by atoms with Gasteiger partial charge in [0.1, 0.15) is 0 Å².